The lowest BCUT2D eigenvalue weighted by Crippen LogP contribution is -2.21. The van der Waals surface area contributed by atoms with Crippen LogP contribution in [0.5, 0.6) is 0 Å². The van der Waals surface area contributed by atoms with Gasteiger partial charge in [-0.3, -0.25) is 0 Å². The third-order valence-electron chi connectivity index (χ3n) is 1.81. The molecule has 1 aromatic rings. The van der Waals surface area contributed by atoms with Crippen LogP contribution in [0.1, 0.15) is 18.0 Å². The molecule has 0 saturated heterocycles. The summed E-state index contributed by atoms with van der Waals surface area (Å²) in [7, 11) is 0. The van der Waals surface area contributed by atoms with Gasteiger partial charge >= 0.3 is 6.18 Å². The van der Waals surface area contributed by atoms with Gasteiger partial charge in [0.05, 0.1) is 6.42 Å². The van der Waals surface area contributed by atoms with Gasteiger partial charge in [-0.15, -0.1) is 12.4 Å². The molecule has 1 rings (SSSR count). The molecule has 16 heavy (non-hydrogen) atoms. The zero-order valence-electron chi connectivity index (χ0n) is 7.89. The van der Waals surface area contributed by atoms with E-state index in [4.69, 9.17) is 5.73 Å². The molecule has 92 valence electrons. The molecule has 2 N–H and O–H groups in total. The normalized spacial score (nSPS) is 13.1. The van der Waals surface area contributed by atoms with Gasteiger partial charge in [0.15, 0.2) is 0 Å². The summed E-state index contributed by atoms with van der Waals surface area (Å²) in [4.78, 5) is 0. The standard InChI is InChI=1S/C9H8F5N.ClH/c10-5-1-2-6(7(11)3-5)8(15)4-9(12,13)14;/h1-3,8H,4,15H2;1H/t8-;/m0./s1. The van der Waals surface area contributed by atoms with Gasteiger partial charge < -0.3 is 5.73 Å². The highest BCUT2D eigenvalue weighted by Crippen LogP contribution is 2.29. The quantitative estimate of drug-likeness (QED) is 0.812. The van der Waals surface area contributed by atoms with Crippen molar-refractivity contribution in [3.8, 4) is 0 Å². The average Bonchev–Trinajstić information content (AvgIpc) is 1.99. The van der Waals surface area contributed by atoms with E-state index >= 15 is 0 Å². The molecule has 0 aliphatic rings. The lowest BCUT2D eigenvalue weighted by Gasteiger charge is -2.14. The van der Waals surface area contributed by atoms with Crippen LogP contribution >= 0.6 is 12.4 Å². The molecule has 0 unspecified atom stereocenters. The van der Waals surface area contributed by atoms with Crippen molar-refractivity contribution in [1.82, 2.24) is 0 Å². The van der Waals surface area contributed by atoms with Gasteiger partial charge in [0.2, 0.25) is 0 Å². The fraction of sp³-hybridized carbons (Fsp3) is 0.333. The summed E-state index contributed by atoms with van der Waals surface area (Å²) in [5.74, 6) is -1.91. The number of hydrogen-bond donors (Lipinski definition) is 1. The third kappa shape index (κ3) is 4.32. The minimum Gasteiger partial charge on any atom is -0.324 e. The van der Waals surface area contributed by atoms with Crippen molar-refractivity contribution in [1.29, 1.82) is 0 Å². The molecular weight excluding hydrogens is 253 g/mol. The average molecular weight is 262 g/mol. The minimum atomic E-state index is -4.47. The lowest BCUT2D eigenvalue weighted by molar-refractivity contribution is -0.138. The molecule has 0 amide bonds. The fourth-order valence-corrected chi connectivity index (χ4v) is 1.16. The van der Waals surface area contributed by atoms with E-state index in [0.717, 1.165) is 12.1 Å². The van der Waals surface area contributed by atoms with Crippen LogP contribution in [-0.2, 0) is 0 Å². The lowest BCUT2D eigenvalue weighted by atomic mass is 10.0. The Bertz CT molecular complexity index is 352. The molecule has 0 spiro atoms. The molecule has 0 heterocycles. The Morgan fingerprint density at radius 1 is 1.19 bits per heavy atom. The molecule has 0 aromatic heterocycles. The SMILES string of the molecule is Cl.N[C@@H](CC(F)(F)F)c1ccc(F)cc1F. The molecule has 0 radical (unpaired) electrons. The molecule has 1 atom stereocenters. The Morgan fingerprint density at radius 3 is 2.19 bits per heavy atom. The van der Waals surface area contributed by atoms with Gasteiger partial charge in [0.25, 0.3) is 0 Å². The van der Waals surface area contributed by atoms with E-state index in [-0.39, 0.29) is 18.0 Å². The fourth-order valence-electron chi connectivity index (χ4n) is 1.16. The number of hydrogen-bond acceptors (Lipinski definition) is 1. The van der Waals surface area contributed by atoms with Crippen LogP contribution in [0.25, 0.3) is 0 Å². The molecular formula is C9H9ClF5N. The van der Waals surface area contributed by atoms with Crippen LogP contribution in [0.2, 0.25) is 0 Å². The third-order valence-corrected chi connectivity index (χ3v) is 1.81. The summed E-state index contributed by atoms with van der Waals surface area (Å²) in [6.45, 7) is 0. The first-order chi connectivity index (χ1) is 6.79. The second-order valence-electron chi connectivity index (χ2n) is 3.09. The Hall–Kier alpha value is -0.880. The van der Waals surface area contributed by atoms with Crippen LogP contribution in [0.15, 0.2) is 18.2 Å². The molecule has 0 fully saturated rings. The topological polar surface area (TPSA) is 26.0 Å². The van der Waals surface area contributed by atoms with E-state index in [1.807, 2.05) is 0 Å². The summed E-state index contributed by atoms with van der Waals surface area (Å²) in [6, 6.07) is 0.784. The van der Waals surface area contributed by atoms with Crippen LogP contribution < -0.4 is 5.73 Å². The maximum absolute atomic E-state index is 13.0. The molecule has 0 aliphatic heterocycles. The molecule has 0 bridgehead atoms. The molecule has 0 saturated carbocycles. The van der Waals surface area contributed by atoms with Crippen molar-refractivity contribution >= 4 is 12.4 Å². The van der Waals surface area contributed by atoms with E-state index in [1.54, 1.807) is 0 Å². The second kappa shape index (κ2) is 5.45. The van der Waals surface area contributed by atoms with Gasteiger partial charge in [-0.2, -0.15) is 13.2 Å². The van der Waals surface area contributed by atoms with Crippen molar-refractivity contribution in [2.24, 2.45) is 5.73 Å². The number of halogens is 6. The van der Waals surface area contributed by atoms with Gasteiger partial charge in [-0.25, -0.2) is 8.78 Å². The highest BCUT2D eigenvalue weighted by Gasteiger charge is 2.31. The van der Waals surface area contributed by atoms with E-state index in [1.165, 1.54) is 0 Å². The maximum Gasteiger partial charge on any atom is 0.390 e. The summed E-state index contributed by atoms with van der Waals surface area (Å²) in [5, 5.41) is 0. The summed E-state index contributed by atoms with van der Waals surface area (Å²) < 4.78 is 61.2. The minimum absolute atomic E-state index is 0. The number of rotatable bonds is 2. The van der Waals surface area contributed by atoms with Crippen LogP contribution in [-0.4, -0.2) is 6.18 Å². The van der Waals surface area contributed by atoms with E-state index in [2.05, 4.69) is 0 Å². The number of nitrogens with two attached hydrogens (primary N) is 1. The van der Waals surface area contributed by atoms with Gasteiger partial charge in [-0.05, 0) is 6.07 Å². The predicted molar refractivity (Wildman–Crippen MR) is 51.2 cm³/mol. The van der Waals surface area contributed by atoms with E-state index in [9.17, 15) is 22.0 Å². The molecule has 1 nitrogen and oxygen atoms in total. The van der Waals surface area contributed by atoms with Crippen LogP contribution in [0.4, 0.5) is 22.0 Å². The smallest absolute Gasteiger partial charge is 0.324 e. The predicted octanol–water partition coefficient (Wildman–Crippen LogP) is 3.34. The Balaban J connectivity index is 0.00000225. The second-order valence-corrected chi connectivity index (χ2v) is 3.09. The van der Waals surface area contributed by atoms with Crippen molar-refractivity contribution in [3.63, 3.8) is 0 Å². The first-order valence-corrected chi connectivity index (χ1v) is 4.07. The summed E-state index contributed by atoms with van der Waals surface area (Å²) in [6.07, 6.45) is -5.81. The number of benzene rings is 1. The van der Waals surface area contributed by atoms with Gasteiger partial charge in [-0.1, -0.05) is 6.07 Å². The first kappa shape index (κ1) is 15.1. The van der Waals surface area contributed by atoms with Crippen molar-refractivity contribution in [3.05, 3.63) is 35.4 Å². The maximum atomic E-state index is 13.0. The summed E-state index contributed by atoms with van der Waals surface area (Å²) >= 11 is 0. The molecule has 7 heteroatoms. The van der Waals surface area contributed by atoms with E-state index in [0.29, 0.717) is 6.07 Å². The monoisotopic (exact) mass is 261 g/mol. The van der Waals surface area contributed by atoms with Crippen molar-refractivity contribution < 1.29 is 22.0 Å². The Labute approximate surface area is 94.8 Å². The number of alkyl halides is 3. The zero-order valence-corrected chi connectivity index (χ0v) is 8.71. The van der Waals surface area contributed by atoms with Gasteiger partial charge in [0, 0.05) is 17.7 Å². The summed E-state index contributed by atoms with van der Waals surface area (Å²) in [5.41, 5.74) is 4.81. The Morgan fingerprint density at radius 2 is 1.75 bits per heavy atom. The first-order valence-electron chi connectivity index (χ1n) is 4.07. The zero-order chi connectivity index (χ0) is 11.6. The van der Waals surface area contributed by atoms with Crippen molar-refractivity contribution in [2.45, 2.75) is 18.6 Å². The van der Waals surface area contributed by atoms with Crippen LogP contribution in [0, 0.1) is 11.6 Å². The molecule has 0 aliphatic carbocycles. The highest BCUT2D eigenvalue weighted by molar-refractivity contribution is 5.85. The molecule has 1 aromatic carbocycles. The van der Waals surface area contributed by atoms with Crippen LogP contribution in [0.3, 0.4) is 0 Å². The van der Waals surface area contributed by atoms with Crippen molar-refractivity contribution in [2.75, 3.05) is 0 Å². The largest absolute Gasteiger partial charge is 0.390 e. The van der Waals surface area contributed by atoms with E-state index < -0.39 is 30.3 Å². The Kier molecular flexibility index (Phi) is 5.15. The highest BCUT2D eigenvalue weighted by atomic mass is 35.5. The van der Waals surface area contributed by atoms with Gasteiger partial charge in [0.1, 0.15) is 11.6 Å².